The minimum atomic E-state index is -0.0185. The van der Waals surface area contributed by atoms with Crippen LogP contribution in [0.25, 0.3) is 0 Å². The van der Waals surface area contributed by atoms with Crippen LogP contribution in [0, 0.1) is 0 Å². The maximum Gasteiger partial charge on any atom is 0.260 e. The van der Waals surface area contributed by atoms with E-state index in [-0.39, 0.29) is 24.6 Å². The van der Waals surface area contributed by atoms with E-state index in [4.69, 9.17) is 4.74 Å². The summed E-state index contributed by atoms with van der Waals surface area (Å²) in [7, 11) is 1.79. The number of likely N-dealkylation sites (N-methyl/N-ethyl adjacent to an activating group) is 1. The number of amides is 1. The van der Waals surface area contributed by atoms with Gasteiger partial charge in [-0.15, -0.1) is 0 Å². The Labute approximate surface area is 136 Å². The van der Waals surface area contributed by atoms with Crippen molar-refractivity contribution in [3.63, 3.8) is 0 Å². The molecule has 0 aromatic heterocycles. The van der Waals surface area contributed by atoms with Crippen molar-refractivity contribution < 1.29 is 9.53 Å². The molecule has 1 unspecified atom stereocenters. The van der Waals surface area contributed by atoms with Crippen molar-refractivity contribution in [2.75, 3.05) is 20.2 Å². The Morgan fingerprint density at radius 2 is 2.05 bits per heavy atom. The molecule has 1 aromatic rings. The predicted molar refractivity (Wildman–Crippen MR) is 89.6 cm³/mol. The van der Waals surface area contributed by atoms with Crippen molar-refractivity contribution in [1.82, 2.24) is 10.2 Å². The van der Waals surface area contributed by atoms with E-state index < -0.39 is 0 Å². The molecule has 0 aliphatic rings. The fourth-order valence-corrected chi connectivity index (χ4v) is 2.31. The molecule has 1 aromatic carbocycles. The zero-order valence-corrected chi connectivity index (χ0v) is 15.0. The number of ether oxygens (including phenoxy) is 1. The molecular weight excluding hydrogens is 332 g/mol. The zero-order chi connectivity index (χ0) is 16.0. The number of rotatable bonds is 7. The molecule has 118 valence electrons. The Morgan fingerprint density at radius 3 is 2.62 bits per heavy atom. The molecule has 1 amide bonds. The fourth-order valence-electron chi connectivity index (χ4n) is 1.93. The quantitative estimate of drug-likeness (QED) is 0.814. The second kappa shape index (κ2) is 8.39. The first-order valence-corrected chi connectivity index (χ1v) is 8.07. The van der Waals surface area contributed by atoms with Crippen LogP contribution in [0.1, 0.15) is 39.3 Å². The van der Waals surface area contributed by atoms with E-state index in [0.29, 0.717) is 0 Å². The molecule has 0 heterocycles. The largest absolute Gasteiger partial charge is 0.483 e. The van der Waals surface area contributed by atoms with Crippen molar-refractivity contribution in [3.8, 4) is 5.75 Å². The van der Waals surface area contributed by atoms with Crippen LogP contribution in [0.4, 0.5) is 0 Å². The van der Waals surface area contributed by atoms with Crippen LogP contribution in [-0.4, -0.2) is 37.0 Å². The number of benzene rings is 1. The highest BCUT2D eigenvalue weighted by molar-refractivity contribution is 9.10. The van der Waals surface area contributed by atoms with Gasteiger partial charge in [-0.3, -0.25) is 4.79 Å². The molecule has 0 fully saturated rings. The lowest BCUT2D eigenvalue weighted by Gasteiger charge is -2.23. The lowest BCUT2D eigenvalue weighted by atomic mass is 10.1. The van der Waals surface area contributed by atoms with Gasteiger partial charge < -0.3 is 15.0 Å². The number of hydrogen-bond donors (Lipinski definition) is 1. The molecule has 0 aliphatic carbocycles. The molecule has 1 N–H and O–H groups in total. The summed E-state index contributed by atoms with van der Waals surface area (Å²) in [5, 5.41) is 3.36. The van der Waals surface area contributed by atoms with Crippen molar-refractivity contribution in [2.24, 2.45) is 0 Å². The third-order valence-electron chi connectivity index (χ3n) is 3.47. The topological polar surface area (TPSA) is 41.6 Å². The van der Waals surface area contributed by atoms with E-state index in [1.807, 2.05) is 32.0 Å². The minimum Gasteiger partial charge on any atom is -0.483 e. The Kier molecular flexibility index (Phi) is 7.18. The minimum absolute atomic E-state index is 0.0185. The standard InChI is InChI=1S/C16H25BrN2O2/c1-6-18-12(4)14-9-13(17)7-8-15(14)21-10-16(20)19(5)11(2)3/h7-9,11-12,18H,6,10H2,1-5H3. The Bertz CT molecular complexity index is 477. The second-order valence-electron chi connectivity index (χ2n) is 5.35. The normalized spacial score (nSPS) is 12.3. The van der Waals surface area contributed by atoms with Gasteiger partial charge in [0.1, 0.15) is 5.75 Å². The van der Waals surface area contributed by atoms with Crippen LogP contribution in [0.15, 0.2) is 22.7 Å². The van der Waals surface area contributed by atoms with Gasteiger partial charge in [0.2, 0.25) is 0 Å². The van der Waals surface area contributed by atoms with E-state index in [1.165, 1.54) is 0 Å². The number of nitrogens with zero attached hydrogens (tertiary/aromatic N) is 1. The highest BCUT2D eigenvalue weighted by Gasteiger charge is 2.16. The maximum absolute atomic E-state index is 12.0. The van der Waals surface area contributed by atoms with Crippen LogP contribution >= 0.6 is 15.9 Å². The van der Waals surface area contributed by atoms with Gasteiger partial charge in [-0.25, -0.2) is 0 Å². The average Bonchev–Trinajstić information content (AvgIpc) is 2.44. The Balaban J connectivity index is 2.81. The summed E-state index contributed by atoms with van der Waals surface area (Å²) in [5.41, 5.74) is 1.05. The van der Waals surface area contributed by atoms with E-state index in [2.05, 4.69) is 35.1 Å². The summed E-state index contributed by atoms with van der Waals surface area (Å²) >= 11 is 3.48. The van der Waals surface area contributed by atoms with Gasteiger partial charge in [0, 0.05) is 29.2 Å². The average molecular weight is 357 g/mol. The van der Waals surface area contributed by atoms with Crippen LogP contribution < -0.4 is 10.1 Å². The van der Waals surface area contributed by atoms with E-state index >= 15 is 0 Å². The Hall–Kier alpha value is -1.07. The first kappa shape index (κ1) is 18.0. The summed E-state index contributed by atoms with van der Waals surface area (Å²) in [4.78, 5) is 13.7. The van der Waals surface area contributed by atoms with Crippen molar-refractivity contribution in [2.45, 2.75) is 39.8 Å². The molecule has 0 radical (unpaired) electrons. The van der Waals surface area contributed by atoms with Gasteiger partial charge in [-0.1, -0.05) is 22.9 Å². The molecule has 4 nitrogen and oxygen atoms in total. The second-order valence-corrected chi connectivity index (χ2v) is 6.26. The Morgan fingerprint density at radius 1 is 1.38 bits per heavy atom. The highest BCUT2D eigenvalue weighted by Crippen LogP contribution is 2.28. The smallest absolute Gasteiger partial charge is 0.260 e. The predicted octanol–water partition coefficient (Wildman–Crippen LogP) is 3.37. The molecule has 0 saturated heterocycles. The molecule has 21 heavy (non-hydrogen) atoms. The molecule has 0 spiro atoms. The number of halogens is 1. The lowest BCUT2D eigenvalue weighted by molar-refractivity contribution is -0.133. The van der Waals surface area contributed by atoms with E-state index in [0.717, 1.165) is 22.3 Å². The first-order chi connectivity index (χ1) is 9.86. The molecule has 1 rings (SSSR count). The molecule has 5 heteroatoms. The number of carbonyl (C=O) groups excluding carboxylic acids is 1. The first-order valence-electron chi connectivity index (χ1n) is 7.28. The van der Waals surface area contributed by atoms with Crippen LogP contribution in [0.3, 0.4) is 0 Å². The monoisotopic (exact) mass is 356 g/mol. The third-order valence-corrected chi connectivity index (χ3v) is 3.96. The SMILES string of the molecule is CCNC(C)c1cc(Br)ccc1OCC(=O)N(C)C(C)C. The maximum atomic E-state index is 12.0. The molecule has 0 bridgehead atoms. The molecule has 0 aliphatic heterocycles. The molecular formula is C16H25BrN2O2. The summed E-state index contributed by atoms with van der Waals surface area (Å²) in [6.45, 7) is 9.05. The molecule has 1 atom stereocenters. The van der Waals surface area contributed by atoms with Gasteiger partial charge in [0.25, 0.3) is 5.91 Å². The van der Waals surface area contributed by atoms with Crippen LogP contribution in [0.2, 0.25) is 0 Å². The lowest BCUT2D eigenvalue weighted by Crippen LogP contribution is -2.36. The number of nitrogens with one attached hydrogen (secondary N) is 1. The van der Waals surface area contributed by atoms with E-state index in [9.17, 15) is 4.79 Å². The van der Waals surface area contributed by atoms with Gasteiger partial charge in [0.15, 0.2) is 6.61 Å². The third kappa shape index (κ3) is 5.32. The number of carbonyl (C=O) groups is 1. The van der Waals surface area contributed by atoms with Gasteiger partial charge in [0.05, 0.1) is 0 Å². The summed E-state index contributed by atoms with van der Waals surface area (Å²) in [6, 6.07) is 6.19. The van der Waals surface area contributed by atoms with E-state index in [1.54, 1.807) is 11.9 Å². The number of hydrogen-bond acceptors (Lipinski definition) is 3. The van der Waals surface area contributed by atoms with Crippen molar-refractivity contribution in [1.29, 1.82) is 0 Å². The van der Waals surface area contributed by atoms with Crippen LogP contribution in [-0.2, 0) is 4.79 Å². The van der Waals surface area contributed by atoms with Gasteiger partial charge in [-0.05, 0) is 45.5 Å². The fraction of sp³-hybridized carbons (Fsp3) is 0.562. The highest BCUT2D eigenvalue weighted by atomic mass is 79.9. The van der Waals surface area contributed by atoms with Crippen molar-refractivity contribution >= 4 is 21.8 Å². The van der Waals surface area contributed by atoms with Crippen molar-refractivity contribution in [3.05, 3.63) is 28.2 Å². The summed E-state index contributed by atoms with van der Waals surface area (Å²) in [5.74, 6) is 0.729. The zero-order valence-electron chi connectivity index (χ0n) is 13.4. The van der Waals surface area contributed by atoms with Gasteiger partial charge >= 0.3 is 0 Å². The van der Waals surface area contributed by atoms with Gasteiger partial charge in [-0.2, -0.15) is 0 Å². The summed E-state index contributed by atoms with van der Waals surface area (Å²) in [6.07, 6.45) is 0. The molecule has 0 saturated carbocycles. The van der Waals surface area contributed by atoms with Crippen LogP contribution in [0.5, 0.6) is 5.75 Å². The summed E-state index contributed by atoms with van der Waals surface area (Å²) < 4.78 is 6.74.